The lowest BCUT2D eigenvalue weighted by atomic mass is 9.93. The third-order valence-electron chi connectivity index (χ3n) is 4.44. The van der Waals surface area contributed by atoms with Crippen molar-refractivity contribution in [2.75, 3.05) is 37.6 Å². The van der Waals surface area contributed by atoms with Crippen LogP contribution in [0.2, 0.25) is 5.02 Å². The molecule has 3 nitrogen and oxygen atoms in total. The van der Waals surface area contributed by atoms with E-state index < -0.39 is 0 Å². The Bertz CT molecular complexity index is 429. The Balaban J connectivity index is 1.98. The molecule has 1 aliphatic heterocycles. The SMILES string of the molecule is CCCC(C)(CN)N1CCN(c2cccc(Cl)c2)CC1. The van der Waals surface area contributed by atoms with E-state index in [2.05, 4.69) is 29.7 Å². The van der Waals surface area contributed by atoms with Gasteiger partial charge in [-0.05, 0) is 31.5 Å². The van der Waals surface area contributed by atoms with Gasteiger partial charge in [0.1, 0.15) is 0 Å². The summed E-state index contributed by atoms with van der Waals surface area (Å²) < 4.78 is 0. The molecule has 2 N–H and O–H groups in total. The lowest BCUT2D eigenvalue weighted by Gasteiger charge is -2.46. The smallest absolute Gasteiger partial charge is 0.0426 e. The Labute approximate surface area is 127 Å². The van der Waals surface area contributed by atoms with Crippen LogP contribution in [0.5, 0.6) is 0 Å². The molecule has 2 rings (SSSR count). The highest BCUT2D eigenvalue weighted by Crippen LogP contribution is 2.25. The normalized spacial score (nSPS) is 19.9. The minimum Gasteiger partial charge on any atom is -0.369 e. The van der Waals surface area contributed by atoms with E-state index in [-0.39, 0.29) is 5.54 Å². The van der Waals surface area contributed by atoms with Gasteiger partial charge >= 0.3 is 0 Å². The van der Waals surface area contributed by atoms with Gasteiger partial charge in [-0.15, -0.1) is 0 Å². The first-order valence-electron chi connectivity index (χ1n) is 7.54. The first-order valence-corrected chi connectivity index (χ1v) is 7.92. The highest BCUT2D eigenvalue weighted by Gasteiger charge is 2.32. The van der Waals surface area contributed by atoms with E-state index in [1.54, 1.807) is 0 Å². The maximum atomic E-state index is 6.08. The molecule has 1 fully saturated rings. The highest BCUT2D eigenvalue weighted by molar-refractivity contribution is 6.30. The average Bonchev–Trinajstić information content (AvgIpc) is 2.47. The van der Waals surface area contributed by atoms with Gasteiger partial charge in [-0.3, -0.25) is 4.90 Å². The molecule has 0 spiro atoms. The fourth-order valence-corrected chi connectivity index (χ4v) is 3.29. The number of hydrogen-bond acceptors (Lipinski definition) is 3. The summed E-state index contributed by atoms with van der Waals surface area (Å²) in [5.74, 6) is 0. The molecular weight excluding hydrogens is 270 g/mol. The van der Waals surface area contributed by atoms with Gasteiger partial charge in [-0.1, -0.05) is 31.0 Å². The zero-order valence-corrected chi connectivity index (χ0v) is 13.4. The van der Waals surface area contributed by atoms with Gasteiger partial charge < -0.3 is 10.6 Å². The summed E-state index contributed by atoms with van der Waals surface area (Å²) in [6.07, 6.45) is 2.35. The number of anilines is 1. The maximum Gasteiger partial charge on any atom is 0.0426 e. The number of hydrogen-bond donors (Lipinski definition) is 1. The van der Waals surface area contributed by atoms with Crippen LogP contribution < -0.4 is 10.6 Å². The van der Waals surface area contributed by atoms with Crippen molar-refractivity contribution in [2.24, 2.45) is 5.73 Å². The fourth-order valence-electron chi connectivity index (χ4n) is 3.11. The van der Waals surface area contributed by atoms with Crippen LogP contribution in [0.3, 0.4) is 0 Å². The van der Waals surface area contributed by atoms with Gasteiger partial charge in [0.2, 0.25) is 0 Å². The van der Waals surface area contributed by atoms with Crippen LogP contribution in [-0.4, -0.2) is 43.2 Å². The average molecular weight is 296 g/mol. The van der Waals surface area contributed by atoms with E-state index in [4.69, 9.17) is 17.3 Å². The lowest BCUT2D eigenvalue weighted by molar-refractivity contribution is 0.0935. The molecule has 1 heterocycles. The molecular formula is C16H26ClN3. The molecule has 1 saturated heterocycles. The van der Waals surface area contributed by atoms with Crippen LogP contribution >= 0.6 is 11.6 Å². The van der Waals surface area contributed by atoms with Gasteiger partial charge in [0.05, 0.1) is 0 Å². The fraction of sp³-hybridized carbons (Fsp3) is 0.625. The van der Waals surface area contributed by atoms with Crippen LogP contribution in [0.1, 0.15) is 26.7 Å². The number of nitrogens with two attached hydrogens (primary N) is 1. The second-order valence-electron chi connectivity index (χ2n) is 5.91. The van der Waals surface area contributed by atoms with Crippen molar-refractivity contribution < 1.29 is 0 Å². The van der Waals surface area contributed by atoms with Crippen molar-refractivity contribution in [1.82, 2.24) is 4.90 Å². The van der Waals surface area contributed by atoms with Crippen LogP contribution in [0.4, 0.5) is 5.69 Å². The van der Waals surface area contributed by atoms with Gasteiger partial charge in [-0.2, -0.15) is 0 Å². The van der Waals surface area contributed by atoms with E-state index >= 15 is 0 Å². The minimum absolute atomic E-state index is 0.148. The molecule has 0 saturated carbocycles. The second kappa shape index (κ2) is 6.79. The van der Waals surface area contributed by atoms with Crippen LogP contribution in [-0.2, 0) is 0 Å². The van der Waals surface area contributed by atoms with Gasteiger partial charge in [0.15, 0.2) is 0 Å². The predicted molar refractivity (Wildman–Crippen MR) is 87.6 cm³/mol. The maximum absolute atomic E-state index is 6.08. The van der Waals surface area contributed by atoms with Crippen molar-refractivity contribution in [3.05, 3.63) is 29.3 Å². The molecule has 1 aromatic rings. The number of piperazine rings is 1. The summed E-state index contributed by atoms with van der Waals surface area (Å²) in [6, 6.07) is 8.13. The monoisotopic (exact) mass is 295 g/mol. The second-order valence-corrected chi connectivity index (χ2v) is 6.34. The topological polar surface area (TPSA) is 32.5 Å². The molecule has 0 bridgehead atoms. The summed E-state index contributed by atoms with van der Waals surface area (Å²) in [5.41, 5.74) is 7.39. The summed E-state index contributed by atoms with van der Waals surface area (Å²) in [4.78, 5) is 4.96. The van der Waals surface area contributed by atoms with Gasteiger partial charge in [0.25, 0.3) is 0 Å². The molecule has 0 aliphatic carbocycles. The van der Waals surface area contributed by atoms with Crippen LogP contribution in [0.15, 0.2) is 24.3 Å². The number of benzene rings is 1. The summed E-state index contributed by atoms with van der Waals surface area (Å²) in [7, 11) is 0. The number of nitrogens with zero attached hydrogens (tertiary/aromatic N) is 2. The van der Waals surface area contributed by atoms with Crippen LogP contribution in [0, 0.1) is 0 Å². The Morgan fingerprint density at radius 1 is 1.25 bits per heavy atom. The molecule has 0 aromatic heterocycles. The Kier molecular flexibility index (Phi) is 5.30. The van der Waals surface area contributed by atoms with E-state index in [9.17, 15) is 0 Å². The molecule has 1 aromatic carbocycles. The van der Waals surface area contributed by atoms with Crippen LogP contribution in [0.25, 0.3) is 0 Å². The van der Waals surface area contributed by atoms with Crippen molar-refractivity contribution >= 4 is 17.3 Å². The highest BCUT2D eigenvalue weighted by atomic mass is 35.5. The first kappa shape index (κ1) is 15.6. The lowest BCUT2D eigenvalue weighted by Crippen LogP contribution is -2.58. The molecule has 4 heteroatoms. The predicted octanol–water partition coefficient (Wildman–Crippen LogP) is 2.98. The van der Waals surface area contributed by atoms with E-state index in [1.807, 2.05) is 18.2 Å². The molecule has 112 valence electrons. The van der Waals surface area contributed by atoms with E-state index in [1.165, 1.54) is 18.5 Å². The third-order valence-corrected chi connectivity index (χ3v) is 4.68. The molecule has 1 atom stereocenters. The summed E-state index contributed by atoms with van der Waals surface area (Å²) in [6.45, 7) is 9.49. The zero-order valence-electron chi connectivity index (χ0n) is 12.6. The Hall–Kier alpha value is -0.770. The molecule has 0 amide bonds. The van der Waals surface area contributed by atoms with Gasteiger partial charge in [0, 0.05) is 49.0 Å². The van der Waals surface area contributed by atoms with Crippen molar-refractivity contribution in [2.45, 2.75) is 32.2 Å². The third kappa shape index (κ3) is 3.46. The first-order chi connectivity index (χ1) is 9.59. The summed E-state index contributed by atoms with van der Waals surface area (Å²) in [5, 5.41) is 0.808. The van der Waals surface area contributed by atoms with E-state index in [0.29, 0.717) is 0 Å². The largest absolute Gasteiger partial charge is 0.369 e. The summed E-state index contributed by atoms with van der Waals surface area (Å²) >= 11 is 6.08. The molecule has 0 radical (unpaired) electrons. The van der Waals surface area contributed by atoms with Crippen molar-refractivity contribution in [3.8, 4) is 0 Å². The Morgan fingerprint density at radius 2 is 1.95 bits per heavy atom. The standard InChI is InChI=1S/C16H26ClN3/c1-3-7-16(2,13-18)20-10-8-19(9-11-20)15-6-4-5-14(17)12-15/h4-6,12H,3,7-11,13,18H2,1-2H3. The quantitative estimate of drug-likeness (QED) is 0.906. The Morgan fingerprint density at radius 3 is 2.50 bits per heavy atom. The molecule has 20 heavy (non-hydrogen) atoms. The zero-order chi connectivity index (χ0) is 14.6. The van der Waals surface area contributed by atoms with Gasteiger partial charge in [-0.25, -0.2) is 0 Å². The number of rotatable bonds is 5. The molecule has 1 aliphatic rings. The van der Waals surface area contributed by atoms with E-state index in [0.717, 1.165) is 37.7 Å². The molecule has 1 unspecified atom stereocenters. The minimum atomic E-state index is 0.148. The number of halogens is 1. The van der Waals surface area contributed by atoms with Crippen molar-refractivity contribution in [1.29, 1.82) is 0 Å². The van der Waals surface area contributed by atoms with Crippen molar-refractivity contribution in [3.63, 3.8) is 0 Å².